The highest BCUT2D eigenvalue weighted by Crippen LogP contribution is 2.10. The topological polar surface area (TPSA) is 63.6 Å². The van der Waals surface area contributed by atoms with Crippen LogP contribution in [0, 0.1) is 0 Å². The quantitative estimate of drug-likeness (QED) is 0.508. The molecule has 86 valence electrons. The van der Waals surface area contributed by atoms with Crippen molar-refractivity contribution in [2.24, 2.45) is 0 Å². The van der Waals surface area contributed by atoms with E-state index in [9.17, 15) is 8.42 Å². The molecule has 0 spiro atoms. The highest BCUT2D eigenvalue weighted by atomic mass is 32.3. The van der Waals surface area contributed by atoms with E-state index in [1.165, 1.54) is 19.3 Å². The maximum Gasteiger partial charge on any atom is 0.397 e. The van der Waals surface area contributed by atoms with E-state index in [1.807, 2.05) is 0 Å². The normalized spacial score (nSPS) is 14.2. The predicted octanol–water partition coefficient (Wildman–Crippen LogP) is 2.55. The van der Waals surface area contributed by atoms with E-state index >= 15 is 0 Å². The molecule has 0 aliphatic heterocycles. The van der Waals surface area contributed by atoms with Crippen molar-refractivity contribution < 1.29 is 17.2 Å². The lowest BCUT2D eigenvalue weighted by Gasteiger charge is -2.09. The van der Waals surface area contributed by atoms with Gasteiger partial charge in [0, 0.05) is 0 Å². The van der Waals surface area contributed by atoms with Gasteiger partial charge in [0.15, 0.2) is 0 Å². The summed E-state index contributed by atoms with van der Waals surface area (Å²) in [6.07, 6.45) is 5.86. The average Bonchev–Trinajstić information content (AvgIpc) is 2.00. The van der Waals surface area contributed by atoms with Crippen LogP contribution in [0.4, 0.5) is 0 Å². The minimum atomic E-state index is -4.27. The van der Waals surface area contributed by atoms with Crippen molar-refractivity contribution >= 4 is 10.4 Å². The summed E-state index contributed by atoms with van der Waals surface area (Å²) in [6.45, 7) is 3.79. The first-order valence-electron chi connectivity index (χ1n) is 5.11. The Morgan fingerprint density at radius 1 is 1.21 bits per heavy atom. The van der Waals surface area contributed by atoms with Gasteiger partial charge in [-0.15, -0.1) is 0 Å². The van der Waals surface area contributed by atoms with E-state index in [1.54, 1.807) is 6.92 Å². The van der Waals surface area contributed by atoms with Crippen LogP contribution in [0.25, 0.3) is 0 Å². The van der Waals surface area contributed by atoms with Crippen molar-refractivity contribution in [1.82, 2.24) is 0 Å². The molecule has 0 rings (SSSR count). The molecule has 0 aromatic carbocycles. The molecule has 0 saturated heterocycles. The van der Waals surface area contributed by atoms with E-state index < -0.39 is 16.5 Å². The fourth-order valence-corrected chi connectivity index (χ4v) is 1.80. The molecular formula is C9H20O4S. The summed E-state index contributed by atoms with van der Waals surface area (Å²) < 4.78 is 33.4. The standard InChI is InChI=1S/C9H20O4S/c1-3-4-5-6-7-8-9(2)13-14(10,11)12/h9H,3-8H2,1-2H3,(H,10,11,12)/t9-/m0/s1. The molecule has 14 heavy (non-hydrogen) atoms. The lowest BCUT2D eigenvalue weighted by Crippen LogP contribution is -2.14. The lowest BCUT2D eigenvalue weighted by atomic mass is 10.1. The molecule has 0 bridgehead atoms. The molecule has 0 amide bonds. The van der Waals surface area contributed by atoms with Crippen LogP contribution in [-0.2, 0) is 14.6 Å². The summed E-state index contributed by atoms with van der Waals surface area (Å²) in [5, 5.41) is 0. The number of rotatable bonds is 8. The monoisotopic (exact) mass is 224 g/mol. The Balaban J connectivity index is 3.41. The van der Waals surface area contributed by atoms with Crippen molar-refractivity contribution in [3.05, 3.63) is 0 Å². The zero-order valence-corrected chi connectivity index (χ0v) is 9.72. The van der Waals surface area contributed by atoms with E-state index in [0.29, 0.717) is 6.42 Å². The maximum absolute atomic E-state index is 10.3. The summed E-state index contributed by atoms with van der Waals surface area (Å²) in [6, 6.07) is 0. The van der Waals surface area contributed by atoms with Gasteiger partial charge in [0.2, 0.25) is 0 Å². The smallest absolute Gasteiger partial charge is 0.264 e. The number of hydrogen-bond donors (Lipinski definition) is 1. The molecule has 1 atom stereocenters. The van der Waals surface area contributed by atoms with Crippen LogP contribution in [0.3, 0.4) is 0 Å². The third-order valence-corrected chi connectivity index (χ3v) is 2.57. The molecule has 0 aromatic heterocycles. The van der Waals surface area contributed by atoms with Crippen LogP contribution in [0.1, 0.15) is 52.4 Å². The van der Waals surface area contributed by atoms with Crippen LogP contribution in [-0.4, -0.2) is 19.1 Å². The first-order valence-corrected chi connectivity index (χ1v) is 6.48. The van der Waals surface area contributed by atoms with E-state index in [0.717, 1.165) is 12.8 Å². The molecule has 0 radical (unpaired) electrons. The molecule has 0 aliphatic carbocycles. The van der Waals surface area contributed by atoms with Gasteiger partial charge in [-0.2, -0.15) is 8.42 Å². The first kappa shape index (κ1) is 13.9. The second-order valence-electron chi connectivity index (χ2n) is 3.54. The molecule has 5 heteroatoms. The fourth-order valence-electron chi connectivity index (χ4n) is 1.29. The number of hydrogen-bond acceptors (Lipinski definition) is 3. The highest BCUT2D eigenvalue weighted by Gasteiger charge is 2.11. The SMILES string of the molecule is CCCCCCC[C@H](C)OS(=O)(=O)O. The molecule has 0 unspecified atom stereocenters. The molecule has 0 aromatic rings. The third-order valence-electron chi connectivity index (χ3n) is 2.00. The van der Waals surface area contributed by atoms with Gasteiger partial charge in [0.25, 0.3) is 0 Å². The first-order chi connectivity index (χ1) is 6.45. The Morgan fingerprint density at radius 2 is 1.79 bits per heavy atom. The van der Waals surface area contributed by atoms with Crippen molar-refractivity contribution in [1.29, 1.82) is 0 Å². The molecular weight excluding hydrogens is 204 g/mol. The number of unbranched alkanes of at least 4 members (excludes halogenated alkanes) is 4. The third kappa shape index (κ3) is 9.95. The molecule has 0 saturated carbocycles. The summed E-state index contributed by atoms with van der Waals surface area (Å²) in [5.74, 6) is 0. The van der Waals surface area contributed by atoms with Gasteiger partial charge in [0.05, 0.1) is 6.10 Å². The van der Waals surface area contributed by atoms with E-state index in [4.69, 9.17) is 4.55 Å². The van der Waals surface area contributed by atoms with Crippen molar-refractivity contribution in [3.8, 4) is 0 Å². The summed E-state index contributed by atoms with van der Waals surface area (Å²) >= 11 is 0. The molecule has 0 aliphatic rings. The molecule has 4 nitrogen and oxygen atoms in total. The van der Waals surface area contributed by atoms with Crippen molar-refractivity contribution in [2.45, 2.75) is 58.5 Å². The maximum atomic E-state index is 10.3. The zero-order valence-electron chi connectivity index (χ0n) is 8.90. The van der Waals surface area contributed by atoms with Crippen LogP contribution in [0.15, 0.2) is 0 Å². The Hall–Kier alpha value is -0.130. The van der Waals surface area contributed by atoms with Crippen LogP contribution in [0.2, 0.25) is 0 Å². The van der Waals surface area contributed by atoms with Gasteiger partial charge in [-0.25, -0.2) is 4.18 Å². The predicted molar refractivity (Wildman–Crippen MR) is 55.5 cm³/mol. The van der Waals surface area contributed by atoms with Crippen LogP contribution >= 0.6 is 0 Å². The van der Waals surface area contributed by atoms with Gasteiger partial charge in [-0.05, 0) is 13.3 Å². The molecule has 0 fully saturated rings. The Bertz CT molecular complexity index is 223. The van der Waals surface area contributed by atoms with Gasteiger partial charge >= 0.3 is 10.4 Å². The minimum Gasteiger partial charge on any atom is -0.264 e. The Morgan fingerprint density at radius 3 is 2.29 bits per heavy atom. The largest absolute Gasteiger partial charge is 0.397 e. The minimum absolute atomic E-state index is 0.424. The van der Waals surface area contributed by atoms with Gasteiger partial charge in [0.1, 0.15) is 0 Å². The Labute approximate surface area is 86.6 Å². The molecule has 1 N–H and O–H groups in total. The zero-order chi connectivity index (χ0) is 11.0. The summed E-state index contributed by atoms with van der Waals surface area (Å²) in [7, 11) is -4.27. The van der Waals surface area contributed by atoms with Crippen LogP contribution < -0.4 is 0 Å². The second kappa shape index (κ2) is 7.20. The van der Waals surface area contributed by atoms with E-state index in [2.05, 4.69) is 11.1 Å². The summed E-state index contributed by atoms with van der Waals surface area (Å²) in [5.41, 5.74) is 0. The van der Waals surface area contributed by atoms with Crippen molar-refractivity contribution in [2.75, 3.05) is 0 Å². The second-order valence-corrected chi connectivity index (χ2v) is 4.59. The molecule has 0 heterocycles. The lowest BCUT2D eigenvalue weighted by molar-refractivity contribution is 0.185. The average molecular weight is 224 g/mol. The van der Waals surface area contributed by atoms with Crippen molar-refractivity contribution in [3.63, 3.8) is 0 Å². The highest BCUT2D eigenvalue weighted by molar-refractivity contribution is 7.80. The van der Waals surface area contributed by atoms with E-state index in [-0.39, 0.29) is 0 Å². The van der Waals surface area contributed by atoms with Crippen LogP contribution in [0.5, 0.6) is 0 Å². The van der Waals surface area contributed by atoms with Gasteiger partial charge < -0.3 is 0 Å². The summed E-state index contributed by atoms with van der Waals surface area (Å²) in [4.78, 5) is 0. The van der Waals surface area contributed by atoms with Gasteiger partial charge in [-0.1, -0.05) is 39.0 Å². The fraction of sp³-hybridized carbons (Fsp3) is 1.00. The van der Waals surface area contributed by atoms with Gasteiger partial charge in [-0.3, -0.25) is 4.55 Å². The Kier molecular flexibility index (Phi) is 7.13.